The molecule has 0 aliphatic carbocycles. The van der Waals surface area contributed by atoms with E-state index in [9.17, 15) is 9.59 Å². The lowest BCUT2D eigenvalue weighted by atomic mass is 9.83. The fraction of sp³-hybridized carbons (Fsp3) is 0.375. The summed E-state index contributed by atoms with van der Waals surface area (Å²) in [6.45, 7) is 10.1. The number of para-hydroxylation sites is 1. The second-order valence-electron chi connectivity index (χ2n) is 11.9. The molecule has 3 heterocycles. The van der Waals surface area contributed by atoms with Gasteiger partial charge in [0.25, 0.3) is 5.91 Å². The van der Waals surface area contributed by atoms with Crippen molar-refractivity contribution in [2.75, 3.05) is 0 Å². The SMILES string of the molecule is CC(C)[C@]1(C)CC(=O)N([C@H](c2cccnc2)c2cccc(C(=O)N[C@H]3CC(C)(C)Oc4ccccc43)c2)C(N)=N1. The Morgan fingerprint density at radius 3 is 2.52 bits per heavy atom. The number of guanidine groups is 1. The molecule has 208 valence electrons. The zero-order valence-electron chi connectivity index (χ0n) is 23.7. The Hall–Kier alpha value is -4.20. The van der Waals surface area contributed by atoms with Gasteiger partial charge in [0.05, 0.1) is 24.0 Å². The van der Waals surface area contributed by atoms with E-state index in [1.165, 1.54) is 4.90 Å². The number of carbonyl (C=O) groups is 2. The van der Waals surface area contributed by atoms with Crippen LogP contribution in [0.1, 0.15) is 86.6 Å². The molecule has 3 atom stereocenters. The summed E-state index contributed by atoms with van der Waals surface area (Å²) < 4.78 is 6.14. The maximum Gasteiger partial charge on any atom is 0.251 e. The first-order valence-electron chi connectivity index (χ1n) is 13.7. The van der Waals surface area contributed by atoms with Gasteiger partial charge in [-0.05, 0) is 62.1 Å². The van der Waals surface area contributed by atoms with Gasteiger partial charge in [-0.1, -0.05) is 50.2 Å². The van der Waals surface area contributed by atoms with Crippen molar-refractivity contribution in [2.45, 2.75) is 70.7 Å². The van der Waals surface area contributed by atoms with Gasteiger partial charge in [0.2, 0.25) is 5.91 Å². The van der Waals surface area contributed by atoms with Crippen LogP contribution in [0.4, 0.5) is 0 Å². The minimum absolute atomic E-state index is 0.117. The van der Waals surface area contributed by atoms with Crippen molar-refractivity contribution in [2.24, 2.45) is 16.6 Å². The van der Waals surface area contributed by atoms with E-state index >= 15 is 0 Å². The van der Waals surface area contributed by atoms with Crippen molar-refractivity contribution in [3.05, 3.63) is 95.3 Å². The normalized spacial score (nSPS) is 22.6. The van der Waals surface area contributed by atoms with Crippen molar-refractivity contribution in [1.29, 1.82) is 0 Å². The second-order valence-corrected chi connectivity index (χ2v) is 11.9. The van der Waals surface area contributed by atoms with Gasteiger partial charge in [0.15, 0.2) is 5.96 Å². The largest absolute Gasteiger partial charge is 0.487 e. The van der Waals surface area contributed by atoms with Crippen LogP contribution in [0.25, 0.3) is 0 Å². The lowest BCUT2D eigenvalue weighted by molar-refractivity contribution is -0.131. The predicted octanol–water partition coefficient (Wildman–Crippen LogP) is 5.16. The zero-order valence-corrected chi connectivity index (χ0v) is 23.7. The lowest BCUT2D eigenvalue weighted by Crippen LogP contribution is -2.53. The summed E-state index contributed by atoms with van der Waals surface area (Å²) in [5, 5.41) is 3.21. The van der Waals surface area contributed by atoms with Crippen LogP contribution in [-0.4, -0.2) is 38.8 Å². The van der Waals surface area contributed by atoms with E-state index in [0.717, 1.165) is 22.4 Å². The van der Waals surface area contributed by atoms with Crippen LogP contribution in [0, 0.1) is 5.92 Å². The molecular formula is C32H37N5O3. The number of hydrogen-bond donors (Lipinski definition) is 2. The predicted molar refractivity (Wildman–Crippen MR) is 155 cm³/mol. The lowest BCUT2D eigenvalue weighted by Gasteiger charge is -2.41. The molecule has 0 saturated carbocycles. The van der Waals surface area contributed by atoms with Gasteiger partial charge in [0, 0.05) is 29.9 Å². The molecule has 2 aliphatic heterocycles. The molecule has 0 fully saturated rings. The van der Waals surface area contributed by atoms with E-state index < -0.39 is 17.2 Å². The molecule has 40 heavy (non-hydrogen) atoms. The molecule has 0 unspecified atom stereocenters. The summed E-state index contributed by atoms with van der Waals surface area (Å²) in [5.74, 6) is 0.761. The molecule has 2 amide bonds. The summed E-state index contributed by atoms with van der Waals surface area (Å²) >= 11 is 0. The fourth-order valence-corrected chi connectivity index (χ4v) is 5.53. The smallest absolute Gasteiger partial charge is 0.251 e. The van der Waals surface area contributed by atoms with Crippen LogP contribution in [-0.2, 0) is 4.79 Å². The van der Waals surface area contributed by atoms with Crippen LogP contribution in [0.2, 0.25) is 0 Å². The van der Waals surface area contributed by atoms with Crippen LogP contribution < -0.4 is 15.8 Å². The first-order chi connectivity index (χ1) is 19.0. The number of amides is 2. The van der Waals surface area contributed by atoms with E-state index in [1.807, 2.05) is 89.2 Å². The zero-order chi connectivity index (χ0) is 28.7. The molecular weight excluding hydrogens is 502 g/mol. The minimum atomic E-state index is -0.586. The molecule has 5 rings (SSSR count). The number of nitrogens with one attached hydrogen (secondary N) is 1. The maximum atomic E-state index is 13.6. The minimum Gasteiger partial charge on any atom is -0.487 e. The molecule has 8 nitrogen and oxygen atoms in total. The summed E-state index contributed by atoms with van der Waals surface area (Å²) in [4.78, 5) is 37.8. The molecule has 3 N–H and O–H groups in total. The Balaban J connectivity index is 1.50. The van der Waals surface area contributed by atoms with E-state index in [2.05, 4.69) is 10.3 Å². The number of nitrogens with zero attached hydrogens (tertiary/aromatic N) is 3. The monoisotopic (exact) mass is 539 g/mol. The number of benzene rings is 2. The van der Waals surface area contributed by atoms with E-state index in [0.29, 0.717) is 12.0 Å². The van der Waals surface area contributed by atoms with Crippen LogP contribution in [0.3, 0.4) is 0 Å². The number of ether oxygens (including phenoxy) is 1. The van der Waals surface area contributed by atoms with Crippen molar-refractivity contribution in [3.8, 4) is 5.75 Å². The van der Waals surface area contributed by atoms with Gasteiger partial charge in [-0.2, -0.15) is 0 Å². The second kappa shape index (κ2) is 10.4. The van der Waals surface area contributed by atoms with Gasteiger partial charge in [-0.25, -0.2) is 4.99 Å². The van der Waals surface area contributed by atoms with Gasteiger partial charge in [-0.3, -0.25) is 19.5 Å². The van der Waals surface area contributed by atoms with Gasteiger partial charge < -0.3 is 15.8 Å². The third-order valence-corrected chi connectivity index (χ3v) is 8.04. The number of fused-ring (bicyclic) bond motifs is 1. The van der Waals surface area contributed by atoms with Gasteiger partial charge in [-0.15, -0.1) is 0 Å². The number of nitrogens with two attached hydrogens (primary N) is 1. The first kappa shape index (κ1) is 27.4. The highest BCUT2D eigenvalue weighted by atomic mass is 16.5. The van der Waals surface area contributed by atoms with E-state index in [-0.39, 0.29) is 36.2 Å². The average Bonchev–Trinajstić information content (AvgIpc) is 2.90. The average molecular weight is 540 g/mol. The Kier molecular flexibility index (Phi) is 7.12. The Bertz CT molecular complexity index is 1450. The van der Waals surface area contributed by atoms with Crippen molar-refractivity contribution in [1.82, 2.24) is 15.2 Å². The van der Waals surface area contributed by atoms with Crippen molar-refractivity contribution in [3.63, 3.8) is 0 Å². The highest BCUT2D eigenvalue weighted by Gasteiger charge is 2.42. The molecule has 0 spiro atoms. The van der Waals surface area contributed by atoms with Crippen molar-refractivity contribution < 1.29 is 14.3 Å². The number of pyridine rings is 1. The van der Waals surface area contributed by atoms with Crippen LogP contribution in [0.5, 0.6) is 5.75 Å². The quantitative estimate of drug-likeness (QED) is 0.449. The van der Waals surface area contributed by atoms with Gasteiger partial charge in [0.1, 0.15) is 11.4 Å². The molecule has 2 aromatic carbocycles. The van der Waals surface area contributed by atoms with Crippen LogP contribution in [0.15, 0.2) is 78.0 Å². The van der Waals surface area contributed by atoms with Crippen LogP contribution >= 0.6 is 0 Å². The molecule has 1 aromatic heterocycles. The molecule has 0 bridgehead atoms. The highest BCUT2D eigenvalue weighted by Crippen LogP contribution is 2.40. The topological polar surface area (TPSA) is 110 Å². The molecule has 3 aromatic rings. The number of carbonyl (C=O) groups excluding carboxylic acids is 2. The summed E-state index contributed by atoms with van der Waals surface area (Å²) in [6.07, 6.45) is 4.27. The Morgan fingerprint density at radius 1 is 1.07 bits per heavy atom. The first-order valence-corrected chi connectivity index (χ1v) is 13.7. The number of aliphatic imine (C=N–C) groups is 1. The number of hydrogen-bond acceptors (Lipinski definition) is 6. The van der Waals surface area contributed by atoms with Crippen molar-refractivity contribution >= 4 is 17.8 Å². The highest BCUT2D eigenvalue weighted by molar-refractivity contribution is 6.00. The summed E-state index contributed by atoms with van der Waals surface area (Å²) in [7, 11) is 0. The number of rotatable bonds is 6. The number of aromatic nitrogens is 1. The van der Waals surface area contributed by atoms with E-state index in [1.54, 1.807) is 18.5 Å². The fourth-order valence-electron chi connectivity index (χ4n) is 5.53. The van der Waals surface area contributed by atoms with E-state index in [4.69, 9.17) is 15.5 Å². The third kappa shape index (κ3) is 5.30. The Labute approximate surface area is 235 Å². The molecule has 0 radical (unpaired) electrons. The van der Waals surface area contributed by atoms with Gasteiger partial charge >= 0.3 is 0 Å². The standard InChI is InChI=1S/C32H37N5O3/c1-20(2)32(5)18-27(38)37(30(33)36-32)28(23-12-9-15-34-19-23)21-10-8-11-22(16-21)29(39)35-25-17-31(3,4)40-26-14-7-6-13-24(25)26/h6-16,19-20,25,28H,17-18H2,1-5H3,(H2,33,36)(H,35,39)/t25-,28-,32-/m0/s1. The third-order valence-electron chi connectivity index (χ3n) is 8.04. The Morgan fingerprint density at radius 2 is 1.82 bits per heavy atom. The molecule has 8 heteroatoms. The summed E-state index contributed by atoms with van der Waals surface area (Å²) in [6, 6.07) is 18.1. The molecule has 0 saturated heterocycles. The summed E-state index contributed by atoms with van der Waals surface area (Å²) in [5.41, 5.74) is 8.46. The maximum absolute atomic E-state index is 13.6. The molecule has 2 aliphatic rings.